The number of alkyl halides is 3. The molecule has 6 nitrogen and oxygen atoms in total. The first-order chi connectivity index (χ1) is 9.16. The summed E-state index contributed by atoms with van der Waals surface area (Å²) in [5.41, 5.74) is -0.528. The van der Waals surface area contributed by atoms with Crippen LogP contribution in [0.3, 0.4) is 0 Å². The third-order valence-corrected chi connectivity index (χ3v) is 3.33. The smallest absolute Gasteiger partial charge is 0.210 e. The minimum Gasteiger partial charge on any atom is -0.210 e. The van der Waals surface area contributed by atoms with Crippen molar-refractivity contribution in [3.63, 3.8) is 0 Å². The van der Waals surface area contributed by atoms with E-state index in [4.69, 9.17) is 0 Å². The summed E-state index contributed by atoms with van der Waals surface area (Å²) in [6.45, 7) is 1.84. The number of thiophene rings is 1. The maximum Gasteiger partial charge on any atom is 0.417 e. The molecule has 0 radical (unpaired) electrons. The van der Waals surface area contributed by atoms with Crippen LogP contribution in [0.5, 0.6) is 0 Å². The van der Waals surface area contributed by atoms with Gasteiger partial charge in [-0.05, 0) is 12.5 Å². The molecule has 20 heavy (non-hydrogen) atoms. The molecule has 1 rings (SSSR count). The van der Waals surface area contributed by atoms with Crippen LogP contribution in [-0.4, -0.2) is 20.6 Å². The fraction of sp³-hybridized carbons (Fsp3) is 0.333. The third kappa shape index (κ3) is 6.95. The van der Waals surface area contributed by atoms with E-state index in [-0.39, 0.29) is 0 Å². The highest BCUT2D eigenvalue weighted by atomic mass is 32.2. The summed E-state index contributed by atoms with van der Waals surface area (Å²) in [6, 6.07) is 1.20. The predicted molar refractivity (Wildman–Crippen MR) is 63.9 cm³/mol. The van der Waals surface area contributed by atoms with Crippen molar-refractivity contribution in [3.05, 3.63) is 21.9 Å². The first-order valence-electron chi connectivity index (χ1n) is 4.74. The van der Waals surface area contributed by atoms with Crippen LogP contribution in [0.1, 0.15) is 17.4 Å². The molecule has 0 unspecified atom stereocenters. The van der Waals surface area contributed by atoms with Crippen molar-refractivity contribution in [2.75, 3.05) is 0 Å². The second-order valence-electron chi connectivity index (χ2n) is 2.97. The lowest BCUT2D eigenvalue weighted by Crippen LogP contribution is -2.01. The first kappa shape index (κ1) is 18.2. The molecule has 0 saturated carbocycles. The van der Waals surface area contributed by atoms with Crippen LogP contribution < -0.4 is 0 Å². The number of halogens is 3. The summed E-state index contributed by atoms with van der Waals surface area (Å²) in [5, 5.41) is 1.15. The van der Waals surface area contributed by atoms with Crippen molar-refractivity contribution in [1.29, 1.82) is 0 Å². The summed E-state index contributed by atoms with van der Waals surface area (Å²) in [4.78, 5) is 19.2. The van der Waals surface area contributed by atoms with E-state index in [9.17, 15) is 31.2 Å². The fourth-order valence-corrected chi connectivity index (χ4v) is 1.90. The zero-order valence-corrected chi connectivity index (χ0v) is 11.5. The molecular weight excluding hydrogens is 321 g/mol. The molecule has 0 aliphatic heterocycles. The third-order valence-electron chi connectivity index (χ3n) is 1.63. The zero-order valence-electron chi connectivity index (χ0n) is 9.84. The molecule has 0 aromatic carbocycles. The Balaban J connectivity index is 0.000000370. The van der Waals surface area contributed by atoms with Crippen molar-refractivity contribution in [2.45, 2.75) is 19.5 Å². The summed E-state index contributed by atoms with van der Waals surface area (Å²) < 4.78 is 60.1. The van der Waals surface area contributed by atoms with Gasteiger partial charge in [0, 0.05) is 10.3 Å². The normalized spacial score (nSPS) is 10.6. The van der Waals surface area contributed by atoms with Gasteiger partial charge in [-0.15, -0.1) is 11.3 Å². The van der Waals surface area contributed by atoms with Gasteiger partial charge in [-0.25, -0.2) is 9.59 Å². The Morgan fingerprint density at radius 1 is 1.25 bits per heavy atom. The Kier molecular flexibility index (Phi) is 7.01. The summed E-state index contributed by atoms with van der Waals surface area (Å²) in [7, 11) is -4.28. The highest BCUT2D eigenvalue weighted by Gasteiger charge is 2.31. The van der Waals surface area contributed by atoms with E-state index in [2.05, 4.69) is 8.80 Å². The molecular formula is C9H7F3N2O4S2. The average Bonchev–Trinajstić information content (AvgIpc) is 2.77. The van der Waals surface area contributed by atoms with Gasteiger partial charge in [0.2, 0.25) is 0 Å². The Morgan fingerprint density at radius 3 is 2.00 bits per heavy atom. The average molecular weight is 328 g/mol. The quantitative estimate of drug-likeness (QED) is 0.628. The number of rotatable bonds is 3. The van der Waals surface area contributed by atoms with Gasteiger partial charge < -0.3 is 0 Å². The topological polar surface area (TPSA) is 93.0 Å². The van der Waals surface area contributed by atoms with Crippen LogP contribution >= 0.6 is 11.3 Å². The molecule has 1 aromatic heterocycles. The van der Waals surface area contributed by atoms with Crippen molar-refractivity contribution in [2.24, 2.45) is 8.80 Å². The van der Waals surface area contributed by atoms with E-state index >= 15 is 0 Å². The van der Waals surface area contributed by atoms with Crippen LogP contribution in [-0.2, 0) is 32.4 Å². The van der Waals surface area contributed by atoms with Crippen molar-refractivity contribution in [3.8, 4) is 0 Å². The highest BCUT2D eigenvalue weighted by molar-refractivity contribution is 7.89. The number of aryl methyl sites for hydroxylation is 1. The molecule has 0 N–H and O–H groups in total. The predicted octanol–water partition coefficient (Wildman–Crippen LogP) is 2.23. The van der Waals surface area contributed by atoms with E-state index in [0.717, 1.165) is 21.6 Å². The highest BCUT2D eigenvalue weighted by Crippen LogP contribution is 2.32. The van der Waals surface area contributed by atoms with Gasteiger partial charge in [0.1, 0.15) is 0 Å². The summed E-state index contributed by atoms with van der Waals surface area (Å²) in [5.74, 6) is 0. The SMILES string of the molecule is CCc1cc(C(F)(F)F)cs1.O=C=NS(=O)(=O)N=C=O. The summed E-state index contributed by atoms with van der Waals surface area (Å²) >= 11 is 1.16. The number of nitrogens with zero attached hydrogens (tertiary/aromatic N) is 2. The second kappa shape index (κ2) is 7.71. The lowest BCUT2D eigenvalue weighted by molar-refractivity contribution is -0.137. The van der Waals surface area contributed by atoms with Gasteiger partial charge in [-0.2, -0.15) is 21.6 Å². The molecule has 0 bridgehead atoms. The molecule has 0 aliphatic rings. The number of hydrogen-bond donors (Lipinski definition) is 0. The fourth-order valence-electron chi connectivity index (χ4n) is 0.829. The van der Waals surface area contributed by atoms with E-state index in [1.165, 1.54) is 6.07 Å². The number of isocyanates is 2. The van der Waals surface area contributed by atoms with Crippen LogP contribution in [0.2, 0.25) is 0 Å². The minimum atomic E-state index is -4.28. The molecule has 0 saturated heterocycles. The van der Waals surface area contributed by atoms with Crippen LogP contribution in [0.25, 0.3) is 0 Å². The molecule has 0 fully saturated rings. The summed E-state index contributed by atoms with van der Waals surface area (Å²) in [6.07, 6.45) is -2.09. The molecule has 1 aromatic rings. The lowest BCUT2D eigenvalue weighted by atomic mass is 10.3. The van der Waals surface area contributed by atoms with Crippen molar-refractivity contribution >= 4 is 33.7 Å². The number of carbonyl (C=O) groups excluding carboxylic acids is 2. The minimum absolute atomic E-state index is 0.528. The lowest BCUT2D eigenvalue weighted by Gasteiger charge is -2.00. The van der Waals surface area contributed by atoms with Crippen LogP contribution in [0, 0.1) is 0 Å². The molecule has 110 valence electrons. The molecule has 0 amide bonds. The molecule has 11 heteroatoms. The van der Waals surface area contributed by atoms with Gasteiger partial charge in [0.25, 0.3) is 12.2 Å². The van der Waals surface area contributed by atoms with E-state index in [0.29, 0.717) is 18.6 Å². The van der Waals surface area contributed by atoms with Crippen LogP contribution in [0.4, 0.5) is 13.2 Å². The standard InChI is InChI=1S/C7H7F3S.C2N2O4S/c1-2-6-3-5(4-11-6)7(8,9)10;5-1-3-9(7,8)4-2-6/h3-4H,2H2,1H3;. The van der Waals surface area contributed by atoms with E-state index < -0.39 is 21.9 Å². The van der Waals surface area contributed by atoms with Crippen LogP contribution in [0.15, 0.2) is 20.2 Å². The Hall–Kier alpha value is -1.80. The van der Waals surface area contributed by atoms with Gasteiger partial charge >= 0.3 is 16.4 Å². The molecule has 1 heterocycles. The largest absolute Gasteiger partial charge is 0.417 e. The monoisotopic (exact) mass is 328 g/mol. The van der Waals surface area contributed by atoms with E-state index in [1.54, 1.807) is 0 Å². The maximum absolute atomic E-state index is 11.9. The second-order valence-corrected chi connectivity index (χ2v) is 5.22. The van der Waals surface area contributed by atoms with Gasteiger partial charge in [-0.3, -0.25) is 0 Å². The zero-order chi connectivity index (χ0) is 15.8. The van der Waals surface area contributed by atoms with Gasteiger partial charge in [0.15, 0.2) is 0 Å². The maximum atomic E-state index is 11.9. The number of hydrogen-bond acceptors (Lipinski definition) is 5. The Labute approximate surface area is 115 Å². The Morgan fingerprint density at radius 2 is 1.75 bits per heavy atom. The van der Waals surface area contributed by atoms with Gasteiger partial charge in [0.05, 0.1) is 5.56 Å². The van der Waals surface area contributed by atoms with Crippen molar-refractivity contribution in [1.82, 2.24) is 0 Å². The first-order valence-corrected chi connectivity index (χ1v) is 7.01. The van der Waals surface area contributed by atoms with Gasteiger partial charge in [-0.1, -0.05) is 15.7 Å². The van der Waals surface area contributed by atoms with E-state index in [1.807, 2.05) is 6.92 Å². The molecule has 0 aliphatic carbocycles. The Bertz CT molecular complexity index is 614. The molecule has 0 spiro atoms. The van der Waals surface area contributed by atoms with Crippen molar-refractivity contribution < 1.29 is 31.2 Å². The molecule has 0 atom stereocenters.